The molecular weight excluding hydrogens is 250 g/mol. The van der Waals surface area contributed by atoms with Crippen molar-refractivity contribution in [1.29, 1.82) is 0 Å². The lowest BCUT2D eigenvalue weighted by Crippen LogP contribution is -2.33. The standard InChI is InChI=1S/C12H21N3O4/c1-12(2,3)19-11(17)9(10(16)18-4)7-5-6-8-14-15-13/h9H,5-8H2,1-4H3. The fourth-order valence-corrected chi connectivity index (χ4v) is 1.42. The molecule has 0 saturated carbocycles. The van der Waals surface area contributed by atoms with Crippen LogP contribution in [0.3, 0.4) is 0 Å². The van der Waals surface area contributed by atoms with Gasteiger partial charge in [-0.2, -0.15) is 0 Å². The van der Waals surface area contributed by atoms with Gasteiger partial charge in [-0.1, -0.05) is 11.5 Å². The van der Waals surface area contributed by atoms with Crippen LogP contribution < -0.4 is 0 Å². The van der Waals surface area contributed by atoms with Crippen molar-refractivity contribution >= 4 is 11.9 Å². The molecule has 0 bridgehead atoms. The molecule has 0 aliphatic heterocycles. The third kappa shape index (κ3) is 8.05. The maximum Gasteiger partial charge on any atom is 0.320 e. The second-order valence-corrected chi connectivity index (χ2v) is 5.06. The van der Waals surface area contributed by atoms with E-state index in [0.717, 1.165) is 0 Å². The minimum absolute atomic E-state index is 0.322. The lowest BCUT2D eigenvalue weighted by Gasteiger charge is -2.22. The second-order valence-electron chi connectivity index (χ2n) is 5.06. The zero-order chi connectivity index (χ0) is 14.9. The summed E-state index contributed by atoms with van der Waals surface area (Å²) in [4.78, 5) is 26.1. The average molecular weight is 271 g/mol. The topological polar surface area (TPSA) is 101 Å². The Balaban J connectivity index is 4.42. The number of carbonyl (C=O) groups excluding carboxylic acids is 2. The molecule has 0 aliphatic carbocycles. The second kappa shape index (κ2) is 8.37. The smallest absolute Gasteiger partial charge is 0.320 e. The Kier molecular flexibility index (Phi) is 7.60. The molecule has 0 N–H and O–H groups in total. The summed E-state index contributed by atoms with van der Waals surface area (Å²) in [5, 5.41) is 3.39. The summed E-state index contributed by atoms with van der Waals surface area (Å²) in [6, 6.07) is 0. The Morgan fingerprint density at radius 2 is 1.89 bits per heavy atom. The number of hydrogen-bond acceptors (Lipinski definition) is 5. The highest BCUT2D eigenvalue weighted by molar-refractivity contribution is 5.94. The highest BCUT2D eigenvalue weighted by Crippen LogP contribution is 2.17. The quantitative estimate of drug-likeness (QED) is 0.177. The van der Waals surface area contributed by atoms with Crippen molar-refractivity contribution in [3.05, 3.63) is 10.4 Å². The van der Waals surface area contributed by atoms with Crippen LogP contribution >= 0.6 is 0 Å². The van der Waals surface area contributed by atoms with E-state index in [-0.39, 0.29) is 0 Å². The first-order valence-electron chi connectivity index (χ1n) is 6.13. The molecule has 108 valence electrons. The van der Waals surface area contributed by atoms with Crippen LogP contribution in [0.5, 0.6) is 0 Å². The van der Waals surface area contributed by atoms with Crippen molar-refractivity contribution in [3.8, 4) is 0 Å². The molecule has 1 atom stereocenters. The summed E-state index contributed by atoms with van der Waals surface area (Å²) in [7, 11) is 1.24. The van der Waals surface area contributed by atoms with Gasteiger partial charge in [0.05, 0.1) is 7.11 Å². The fourth-order valence-electron chi connectivity index (χ4n) is 1.42. The van der Waals surface area contributed by atoms with Gasteiger partial charge in [-0.05, 0) is 39.1 Å². The average Bonchev–Trinajstić information content (AvgIpc) is 2.30. The van der Waals surface area contributed by atoms with Gasteiger partial charge in [-0.25, -0.2) is 0 Å². The summed E-state index contributed by atoms with van der Waals surface area (Å²) in [6.45, 7) is 5.56. The van der Waals surface area contributed by atoms with Crippen molar-refractivity contribution < 1.29 is 19.1 Å². The van der Waals surface area contributed by atoms with Gasteiger partial charge >= 0.3 is 11.9 Å². The first kappa shape index (κ1) is 17.2. The van der Waals surface area contributed by atoms with E-state index in [9.17, 15) is 9.59 Å². The molecule has 19 heavy (non-hydrogen) atoms. The van der Waals surface area contributed by atoms with Crippen LogP contribution in [0.2, 0.25) is 0 Å². The molecule has 0 rings (SSSR count). The molecule has 0 aliphatic rings. The monoisotopic (exact) mass is 271 g/mol. The summed E-state index contributed by atoms with van der Waals surface area (Å²) in [5.41, 5.74) is 7.48. The van der Waals surface area contributed by atoms with E-state index in [2.05, 4.69) is 14.8 Å². The number of carbonyl (C=O) groups is 2. The lowest BCUT2D eigenvalue weighted by molar-refractivity contribution is -0.168. The fraction of sp³-hybridized carbons (Fsp3) is 0.833. The molecule has 0 radical (unpaired) electrons. The molecule has 0 fully saturated rings. The van der Waals surface area contributed by atoms with Gasteiger partial charge in [0, 0.05) is 11.5 Å². The molecule has 0 amide bonds. The zero-order valence-electron chi connectivity index (χ0n) is 11.9. The van der Waals surface area contributed by atoms with Crippen molar-refractivity contribution in [2.45, 2.75) is 45.6 Å². The van der Waals surface area contributed by atoms with E-state index in [1.165, 1.54) is 7.11 Å². The molecule has 7 heteroatoms. The van der Waals surface area contributed by atoms with Crippen LogP contribution in [0.1, 0.15) is 40.0 Å². The highest BCUT2D eigenvalue weighted by Gasteiger charge is 2.31. The normalized spacial score (nSPS) is 12.2. The predicted molar refractivity (Wildman–Crippen MR) is 69.2 cm³/mol. The van der Waals surface area contributed by atoms with Crippen LogP contribution in [-0.2, 0) is 19.1 Å². The molecule has 7 nitrogen and oxygen atoms in total. The Morgan fingerprint density at radius 1 is 1.26 bits per heavy atom. The van der Waals surface area contributed by atoms with Gasteiger partial charge < -0.3 is 9.47 Å². The Labute approximate surface area is 112 Å². The Hall–Kier alpha value is -1.75. The lowest BCUT2D eigenvalue weighted by atomic mass is 10.0. The number of rotatable bonds is 7. The van der Waals surface area contributed by atoms with Crippen LogP contribution in [0.25, 0.3) is 10.4 Å². The maximum atomic E-state index is 11.9. The van der Waals surface area contributed by atoms with E-state index in [1.54, 1.807) is 20.8 Å². The molecular formula is C12H21N3O4. The van der Waals surface area contributed by atoms with E-state index in [4.69, 9.17) is 10.3 Å². The minimum atomic E-state index is -0.921. The van der Waals surface area contributed by atoms with Crippen molar-refractivity contribution in [3.63, 3.8) is 0 Å². The Morgan fingerprint density at radius 3 is 2.37 bits per heavy atom. The number of unbranched alkanes of at least 4 members (excludes halogenated alkanes) is 1. The van der Waals surface area contributed by atoms with Crippen LogP contribution in [0.4, 0.5) is 0 Å². The van der Waals surface area contributed by atoms with E-state index in [0.29, 0.717) is 25.8 Å². The van der Waals surface area contributed by atoms with Gasteiger partial charge in [0.1, 0.15) is 5.60 Å². The molecule has 0 aromatic carbocycles. The summed E-state index contributed by atoms with van der Waals surface area (Å²) in [6.07, 6.45) is 1.51. The molecule has 0 spiro atoms. The van der Waals surface area contributed by atoms with Crippen molar-refractivity contribution in [2.24, 2.45) is 11.0 Å². The van der Waals surface area contributed by atoms with Crippen LogP contribution in [0.15, 0.2) is 5.11 Å². The number of nitrogens with zero attached hydrogens (tertiary/aromatic N) is 3. The van der Waals surface area contributed by atoms with Gasteiger partial charge in [0.25, 0.3) is 0 Å². The Bertz CT molecular complexity index is 356. The first-order valence-corrected chi connectivity index (χ1v) is 6.13. The molecule has 0 saturated heterocycles. The summed E-state index contributed by atoms with van der Waals surface area (Å²) in [5.74, 6) is -2.10. The summed E-state index contributed by atoms with van der Waals surface area (Å²) < 4.78 is 9.78. The summed E-state index contributed by atoms with van der Waals surface area (Å²) >= 11 is 0. The number of azide groups is 1. The van der Waals surface area contributed by atoms with Gasteiger partial charge in [-0.15, -0.1) is 0 Å². The maximum absolute atomic E-state index is 11.9. The van der Waals surface area contributed by atoms with Gasteiger partial charge in [-0.3, -0.25) is 9.59 Å². The largest absolute Gasteiger partial charge is 0.468 e. The number of esters is 2. The molecule has 0 aromatic rings. The molecule has 0 aromatic heterocycles. The predicted octanol–water partition coefficient (Wildman–Crippen LogP) is 2.60. The molecule has 1 unspecified atom stereocenters. The third-order valence-electron chi connectivity index (χ3n) is 2.24. The van der Waals surface area contributed by atoms with E-state index < -0.39 is 23.5 Å². The number of hydrogen-bond donors (Lipinski definition) is 0. The number of methoxy groups -OCH3 is 1. The van der Waals surface area contributed by atoms with Crippen molar-refractivity contribution in [2.75, 3.05) is 13.7 Å². The number of ether oxygens (including phenoxy) is 2. The van der Waals surface area contributed by atoms with E-state index in [1.807, 2.05) is 0 Å². The third-order valence-corrected chi connectivity index (χ3v) is 2.24. The van der Waals surface area contributed by atoms with E-state index >= 15 is 0 Å². The SMILES string of the molecule is COC(=O)C(CCCCN=[N+]=[N-])C(=O)OC(C)(C)C. The van der Waals surface area contributed by atoms with Gasteiger partial charge in [0.2, 0.25) is 0 Å². The van der Waals surface area contributed by atoms with Crippen molar-refractivity contribution in [1.82, 2.24) is 0 Å². The molecule has 0 heterocycles. The van der Waals surface area contributed by atoms with Gasteiger partial charge in [0.15, 0.2) is 5.92 Å². The minimum Gasteiger partial charge on any atom is -0.468 e. The van der Waals surface area contributed by atoms with Crippen LogP contribution in [-0.4, -0.2) is 31.2 Å². The highest BCUT2D eigenvalue weighted by atomic mass is 16.6. The van der Waals surface area contributed by atoms with Crippen LogP contribution in [0, 0.1) is 5.92 Å². The first-order chi connectivity index (χ1) is 8.81. The zero-order valence-corrected chi connectivity index (χ0v) is 11.9.